The second kappa shape index (κ2) is 10.4. The van der Waals surface area contributed by atoms with Crippen LogP contribution in [0.2, 0.25) is 5.02 Å². The largest absolute Gasteiger partial charge is 0.488 e. The van der Waals surface area contributed by atoms with E-state index in [4.69, 9.17) is 16.3 Å². The summed E-state index contributed by atoms with van der Waals surface area (Å²) in [5.74, 6) is 0.0260. The van der Waals surface area contributed by atoms with Crippen LogP contribution in [0.1, 0.15) is 11.1 Å². The smallest absolute Gasteiger partial charge is 0.266 e. The van der Waals surface area contributed by atoms with E-state index >= 15 is 0 Å². The van der Waals surface area contributed by atoms with E-state index in [1.165, 1.54) is 0 Å². The molecule has 0 spiro atoms. The Hall–Kier alpha value is -3.59. The summed E-state index contributed by atoms with van der Waals surface area (Å²) in [6.45, 7) is 0.328. The van der Waals surface area contributed by atoms with Crippen LogP contribution >= 0.6 is 27.5 Å². The summed E-state index contributed by atoms with van der Waals surface area (Å²) in [6.07, 6.45) is 1.56. The molecule has 0 heterocycles. The molecule has 0 radical (unpaired) electrons. The van der Waals surface area contributed by atoms with Gasteiger partial charge in [0.1, 0.15) is 24.0 Å². The summed E-state index contributed by atoms with van der Waals surface area (Å²) in [6, 6.07) is 28.3. The SMILES string of the molecule is N#C/C(=C\c1c(OCc2ccccc2Br)ccc2ccccc12)C(=O)Nc1ccccc1Cl. The molecule has 4 nitrogen and oxygen atoms in total. The van der Waals surface area contributed by atoms with Crippen molar-refractivity contribution in [3.05, 3.63) is 111 Å². The Morgan fingerprint density at radius 3 is 2.52 bits per heavy atom. The predicted molar refractivity (Wildman–Crippen MR) is 136 cm³/mol. The topological polar surface area (TPSA) is 62.1 Å². The minimum Gasteiger partial charge on any atom is -0.488 e. The number of rotatable bonds is 6. The molecule has 0 saturated carbocycles. The Kier molecular flexibility index (Phi) is 7.09. The van der Waals surface area contributed by atoms with Crippen LogP contribution in [-0.2, 0) is 11.4 Å². The zero-order valence-corrected chi connectivity index (χ0v) is 19.7. The molecule has 0 aliphatic heterocycles. The average molecular weight is 518 g/mol. The third-order valence-electron chi connectivity index (χ3n) is 5.05. The molecular formula is C27H18BrClN2O2. The number of nitrogens with zero attached hydrogens (tertiary/aromatic N) is 1. The van der Waals surface area contributed by atoms with Gasteiger partial charge in [-0.05, 0) is 41.1 Å². The van der Waals surface area contributed by atoms with Crippen LogP contribution in [0.5, 0.6) is 5.75 Å². The Bertz CT molecular complexity index is 1410. The van der Waals surface area contributed by atoms with Gasteiger partial charge in [0.05, 0.1) is 10.7 Å². The quantitative estimate of drug-likeness (QED) is 0.214. The van der Waals surface area contributed by atoms with Gasteiger partial charge in [-0.25, -0.2) is 0 Å². The fraction of sp³-hybridized carbons (Fsp3) is 0.0370. The zero-order valence-electron chi connectivity index (χ0n) is 17.4. The number of carbonyl (C=O) groups excluding carboxylic acids is 1. The van der Waals surface area contributed by atoms with Crippen LogP contribution in [0.15, 0.2) is 95.0 Å². The summed E-state index contributed by atoms with van der Waals surface area (Å²) in [5.41, 5.74) is 2.02. The molecule has 162 valence electrons. The van der Waals surface area contributed by atoms with Gasteiger partial charge in [0, 0.05) is 15.6 Å². The van der Waals surface area contributed by atoms with E-state index in [2.05, 4.69) is 21.2 Å². The maximum atomic E-state index is 12.9. The van der Waals surface area contributed by atoms with Crippen molar-refractivity contribution < 1.29 is 9.53 Å². The first-order valence-electron chi connectivity index (χ1n) is 10.1. The van der Waals surface area contributed by atoms with Crippen LogP contribution in [-0.4, -0.2) is 5.91 Å². The number of para-hydroxylation sites is 1. The molecule has 0 aliphatic rings. The average Bonchev–Trinajstić information content (AvgIpc) is 2.83. The maximum Gasteiger partial charge on any atom is 0.266 e. The molecule has 33 heavy (non-hydrogen) atoms. The Morgan fingerprint density at radius 2 is 1.73 bits per heavy atom. The summed E-state index contributed by atoms with van der Waals surface area (Å²) < 4.78 is 7.08. The molecule has 4 aromatic rings. The lowest BCUT2D eigenvalue weighted by Crippen LogP contribution is -2.13. The van der Waals surface area contributed by atoms with Crippen molar-refractivity contribution in [1.82, 2.24) is 0 Å². The Balaban J connectivity index is 1.72. The van der Waals surface area contributed by atoms with Gasteiger partial charge in [0.25, 0.3) is 5.91 Å². The highest BCUT2D eigenvalue weighted by Gasteiger charge is 2.15. The predicted octanol–water partition coefficient (Wildman–Crippen LogP) is 7.38. The van der Waals surface area contributed by atoms with Gasteiger partial charge < -0.3 is 10.1 Å². The Labute approximate surface area is 205 Å². The number of anilines is 1. The van der Waals surface area contributed by atoms with Gasteiger partial charge in [-0.2, -0.15) is 5.26 Å². The van der Waals surface area contributed by atoms with Crippen molar-refractivity contribution in [3.63, 3.8) is 0 Å². The molecule has 0 atom stereocenters. The molecule has 6 heteroatoms. The number of nitriles is 1. The van der Waals surface area contributed by atoms with Crippen LogP contribution in [0.4, 0.5) is 5.69 Å². The maximum absolute atomic E-state index is 12.9. The summed E-state index contributed by atoms with van der Waals surface area (Å²) in [7, 11) is 0. The fourth-order valence-corrected chi connectivity index (χ4v) is 3.95. The highest BCUT2D eigenvalue weighted by molar-refractivity contribution is 9.10. The standard InChI is InChI=1S/C27H18BrClN2O2/c28-23-10-4-2-8-19(23)17-33-26-14-13-18-7-1-3-9-21(18)22(26)15-20(16-30)27(32)31-25-12-6-5-11-24(25)29/h1-15H,17H2,(H,31,32)/b20-15+. The zero-order chi connectivity index (χ0) is 23.2. The summed E-state index contributed by atoms with van der Waals surface area (Å²) in [4.78, 5) is 12.9. The van der Waals surface area contributed by atoms with Gasteiger partial charge in [0.15, 0.2) is 0 Å². The molecule has 1 N–H and O–H groups in total. The normalized spacial score (nSPS) is 11.1. The van der Waals surface area contributed by atoms with Crippen LogP contribution in [0.25, 0.3) is 16.8 Å². The number of hydrogen-bond donors (Lipinski definition) is 1. The highest BCUT2D eigenvalue weighted by Crippen LogP contribution is 2.32. The molecular weight excluding hydrogens is 500 g/mol. The second-order valence-corrected chi connectivity index (χ2v) is 8.44. The third-order valence-corrected chi connectivity index (χ3v) is 6.15. The number of carbonyl (C=O) groups is 1. The first-order valence-corrected chi connectivity index (χ1v) is 11.3. The van der Waals surface area contributed by atoms with E-state index in [1.807, 2.05) is 66.7 Å². The van der Waals surface area contributed by atoms with Crippen molar-refractivity contribution in [1.29, 1.82) is 5.26 Å². The molecule has 4 rings (SSSR count). The lowest BCUT2D eigenvalue weighted by Gasteiger charge is -2.14. The molecule has 4 aromatic carbocycles. The minimum atomic E-state index is -0.546. The van der Waals surface area contributed by atoms with Gasteiger partial charge in [0.2, 0.25) is 0 Å². The van der Waals surface area contributed by atoms with Gasteiger partial charge in [-0.15, -0.1) is 0 Å². The van der Waals surface area contributed by atoms with Crippen LogP contribution in [0, 0.1) is 11.3 Å². The van der Waals surface area contributed by atoms with Crippen molar-refractivity contribution in [2.75, 3.05) is 5.32 Å². The fourth-order valence-electron chi connectivity index (χ4n) is 3.37. The number of amides is 1. The molecule has 0 bridgehead atoms. The summed E-state index contributed by atoms with van der Waals surface area (Å²) >= 11 is 9.69. The first kappa shape index (κ1) is 22.6. The van der Waals surface area contributed by atoms with E-state index in [0.29, 0.717) is 28.6 Å². The molecule has 0 aliphatic carbocycles. The second-order valence-electron chi connectivity index (χ2n) is 7.18. The first-order chi connectivity index (χ1) is 16.1. The molecule has 0 aromatic heterocycles. The van der Waals surface area contributed by atoms with Gasteiger partial charge in [-0.3, -0.25) is 4.79 Å². The van der Waals surface area contributed by atoms with E-state index in [1.54, 1.807) is 30.3 Å². The lowest BCUT2D eigenvalue weighted by atomic mass is 10.0. The number of nitrogens with one attached hydrogen (secondary N) is 1. The van der Waals surface area contributed by atoms with Crippen molar-refractivity contribution in [2.45, 2.75) is 6.61 Å². The van der Waals surface area contributed by atoms with E-state index < -0.39 is 5.91 Å². The van der Waals surface area contributed by atoms with Crippen LogP contribution in [0.3, 0.4) is 0 Å². The monoisotopic (exact) mass is 516 g/mol. The lowest BCUT2D eigenvalue weighted by molar-refractivity contribution is -0.112. The van der Waals surface area contributed by atoms with E-state index in [-0.39, 0.29) is 5.57 Å². The molecule has 0 fully saturated rings. The minimum absolute atomic E-state index is 0.0583. The molecule has 0 unspecified atom stereocenters. The number of hydrogen-bond acceptors (Lipinski definition) is 3. The summed E-state index contributed by atoms with van der Waals surface area (Å²) in [5, 5.41) is 14.7. The van der Waals surface area contributed by atoms with Crippen LogP contribution < -0.4 is 10.1 Å². The number of halogens is 2. The third kappa shape index (κ3) is 5.25. The van der Waals surface area contributed by atoms with Crippen molar-refractivity contribution in [3.8, 4) is 11.8 Å². The highest BCUT2D eigenvalue weighted by atomic mass is 79.9. The van der Waals surface area contributed by atoms with Crippen molar-refractivity contribution in [2.24, 2.45) is 0 Å². The van der Waals surface area contributed by atoms with Gasteiger partial charge in [-0.1, -0.05) is 88.2 Å². The van der Waals surface area contributed by atoms with Crippen molar-refractivity contribution >= 4 is 56.0 Å². The number of fused-ring (bicyclic) bond motifs is 1. The van der Waals surface area contributed by atoms with E-state index in [0.717, 1.165) is 20.8 Å². The Morgan fingerprint density at radius 1 is 1.00 bits per heavy atom. The number of ether oxygens (including phenoxy) is 1. The van der Waals surface area contributed by atoms with E-state index in [9.17, 15) is 10.1 Å². The number of benzene rings is 4. The molecule has 0 saturated heterocycles. The molecule has 1 amide bonds. The van der Waals surface area contributed by atoms with Gasteiger partial charge >= 0.3 is 0 Å².